The van der Waals surface area contributed by atoms with E-state index in [2.05, 4.69) is 0 Å². The summed E-state index contributed by atoms with van der Waals surface area (Å²) in [7, 11) is 3.46. The Balaban J connectivity index is 2.14. The standard InChI is InChI=1S/C15H20N2O3/c1-16(2)14(18)7-8-17-10-12(15(19)20)9-11-5-3-4-6-13(11)17/h3-6,12H,7-10H2,1-2H3,(H,19,20). The molecule has 2 rings (SSSR count). The van der Waals surface area contributed by atoms with E-state index in [1.54, 1.807) is 19.0 Å². The normalized spacial score (nSPS) is 17.5. The van der Waals surface area contributed by atoms with Crippen molar-refractivity contribution >= 4 is 17.6 Å². The topological polar surface area (TPSA) is 60.9 Å². The van der Waals surface area contributed by atoms with E-state index in [1.807, 2.05) is 29.2 Å². The van der Waals surface area contributed by atoms with Gasteiger partial charge in [0.2, 0.25) is 5.91 Å². The molecular weight excluding hydrogens is 256 g/mol. The number of carbonyl (C=O) groups is 2. The summed E-state index contributed by atoms with van der Waals surface area (Å²) in [5, 5.41) is 9.25. The number of carboxylic acids is 1. The number of amides is 1. The van der Waals surface area contributed by atoms with Crippen LogP contribution in [0, 0.1) is 5.92 Å². The van der Waals surface area contributed by atoms with Crippen LogP contribution in [0.15, 0.2) is 24.3 Å². The first kappa shape index (κ1) is 14.4. The second-order valence-electron chi connectivity index (χ2n) is 5.35. The molecule has 1 aliphatic heterocycles. The molecule has 1 N–H and O–H groups in total. The van der Waals surface area contributed by atoms with Crippen molar-refractivity contribution in [1.29, 1.82) is 0 Å². The molecule has 0 bridgehead atoms. The summed E-state index contributed by atoms with van der Waals surface area (Å²) >= 11 is 0. The highest BCUT2D eigenvalue weighted by Gasteiger charge is 2.28. The van der Waals surface area contributed by atoms with Gasteiger partial charge in [-0.05, 0) is 18.1 Å². The quantitative estimate of drug-likeness (QED) is 0.898. The highest BCUT2D eigenvalue weighted by Crippen LogP contribution is 2.29. The van der Waals surface area contributed by atoms with Gasteiger partial charge in [-0.15, -0.1) is 0 Å². The molecule has 0 fully saturated rings. The molecule has 0 spiro atoms. The zero-order chi connectivity index (χ0) is 14.7. The van der Waals surface area contributed by atoms with Crippen molar-refractivity contribution in [2.75, 3.05) is 32.1 Å². The van der Waals surface area contributed by atoms with Gasteiger partial charge in [-0.2, -0.15) is 0 Å². The number of fused-ring (bicyclic) bond motifs is 1. The van der Waals surface area contributed by atoms with E-state index >= 15 is 0 Å². The number of anilines is 1. The Morgan fingerprint density at radius 1 is 1.35 bits per heavy atom. The van der Waals surface area contributed by atoms with Gasteiger partial charge >= 0.3 is 5.97 Å². The highest BCUT2D eigenvalue weighted by atomic mass is 16.4. The summed E-state index contributed by atoms with van der Waals surface area (Å²) in [4.78, 5) is 26.5. The summed E-state index contributed by atoms with van der Waals surface area (Å²) in [6, 6.07) is 7.83. The zero-order valence-electron chi connectivity index (χ0n) is 11.9. The molecule has 0 saturated carbocycles. The van der Waals surface area contributed by atoms with E-state index < -0.39 is 11.9 Å². The molecule has 1 heterocycles. The number of para-hydroxylation sites is 1. The van der Waals surface area contributed by atoms with E-state index in [0.29, 0.717) is 25.9 Å². The number of aliphatic carboxylic acids is 1. The minimum Gasteiger partial charge on any atom is -0.481 e. The van der Waals surface area contributed by atoms with Crippen molar-refractivity contribution in [3.8, 4) is 0 Å². The van der Waals surface area contributed by atoms with Gasteiger partial charge in [0.05, 0.1) is 5.92 Å². The Kier molecular flexibility index (Phi) is 4.27. The second kappa shape index (κ2) is 5.94. The fraction of sp³-hybridized carbons (Fsp3) is 0.467. The number of hydrogen-bond donors (Lipinski definition) is 1. The van der Waals surface area contributed by atoms with Gasteiger partial charge < -0.3 is 14.9 Å². The van der Waals surface area contributed by atoms with E-state index in [0.717, 1.165) is 11.3 Å². The molecule has 1 atom stereocenters. The minimum atomic E-state index is -0.775. The molecule has 5 heteroatoms. The van der Waals surface area contributed by atoms with Crippen molar-refractivity contribution in [3.63, 3.8) is 0 Å². The third-order valence-electron chi connectivity index (χ3n) is 3.68. The molecule has 0 radical (unpaired) electrons. The Bertz CT molecular complexity index is 514. The number of hydrogen-bond acceptors (Lipinski definition) is 3. The van der Waals surface area contributed by atoms with Crippen LogP contribution >= 0.6 is 0 Å². The van der Waals surface area contributed by atoms with Crippen molar-refractivity contribution in [2.45, 2.75) is 12.8 Å². The number of carbonyl (C=O) groups excluding carboxylic acids is 1. The summed E-state index contributed by atoms with van der Waals surface area (Å²) in [6.07, 6.45) is 0.956. The van der Waals surface area contributed by atoms with E-state index in [-0.39, 0.29) is 5.91 Å². The molecule has 1 aromatic rings. The largest absolute Gasteiger partial charge is 0.481 e. The van der Waals surface area contributed by atoms with Gasteiger partial charge in [0.15, 0.2) is 0 Å². The molecule has 1 amide bonds. The van der Waals surface area contributed by atoms with Gasteiger partial charge in [0.25, 0.3) is 0 Å². The predicted molar refractivity (Wildman–Crippen MR) is 76.8 cm³/mol. The number of carboxylic acid groups (broad SMARTS) is 1. The van der Waals surface area contributed by atoms with Gasteiger partial charge in [-0.25, -0.2) is 0 Å². The average molecular weight is 276 g/mol. The smallest absolute Gasteiger partial charge is 0.308 e. The fourth-order valence-corrected chi connectivity index (χ4v) is 2.52. The van der Waals surface area contributed by atoms with Gasteiger partial charge in [0.1, 0.15) is 0 Å². The van der Waals surface area contributed by atoms with Gasteiger partial charge in [0, 0.05) is 39.3 Å². The van der Waals surface area contributed by atoms with Crippen LogP contribution in [0.1, 0.15) is 12.0 Å². The maximum absolute atomic E-state index is 11.7. The van der Waals surface area contributed by atoms with Crippen LogP contribution in [0.25, 0.3) is 0 Å². The third-order valence-corrected chi connectivity index (χ3v) is 3.68. The van der Waals surface area contributed by atoms with Crippen molar-refractivity contribution in [2.24, 2.45) is 5.92 Å². The predicted octanol–water partition coefficient (Wildman–Crippen LogP) is 1.23. The van der Waals surface area contributed by atoms with Crippen LogP contribution < -0.4 is 4.90 Å². The Morgan fingerprint density at radius 2 is 2.05 bits per heavy atom. The first-order valence-electron chi connectivity index (χ1n) is 6.75. The first-order valence-corrected chi connectivity index (χ1v) is 6.75. The van der Waals surface area contributed by atoms with Crippen LogP contribution in [0.2, 0.25) is 0 Å². The molecule has 0 aromatic heterocycles. The molecule has 0 aliphatic carbocycles. The van der Waals surface area contributed by atoms with E-state index in [9.17, 15) is 14.7 Å². The number of rotatable bonds is 4. The summed E-state index contributed by atoms with van der Waals surface area (Å²) in [5.41, 5.74) is 2.10. The number of nitrogens with zero attached hydrogens (tertiary/aromatic N) is 2. The highest BCUT2D eigenvalue weighted by molar-refractivity contribution is 5.77. The molecule has 1 aromatic carbocycles. The molecule has 5 nitrogen and oxygen atoms in total. The molecule has 1 unspecified atom stereocenters. The summed E-state index contributed by atoms with van der Waals surface area (Å²) in [5.74, 6) is -1.12. The van der Waals surface area contributed by atoms with Crippen LogP contribution in [0.3, 0.4) is 0 Å². The molecule has 20 heavy (non-hydrogen) atoms. The maximum atomic E-state index is 11.7. The Hall–Kier alpha value is -2.04. The SMILES string of the molecule is CN(C)C(=O)CCN1CC(C(=O)O)Cc2ccccc21. The van der Waals surface area contributed by atoms with Gasteiger partial charge in [-0.3, -0.25) is 9.59 Å². The molecular formula is C15H20N2O3. The lowest BCUT2D eigenvalue weighted by molar-refractivity contribution is -0.141. The van der Waals surface area contributed by atoms with Crippen molar-refractivity contribution < 1.29 is 14.7 Å². The Labute approximate surface area is 118 Å². The lowest BCUT2D eigenvalue weighted by Crippen LogP contribution is -2.40. The third kappa shape index (κ3) is 3.10. The van der Waals surface area contributed by atoms with Gasteiger partial charge in [-0.1, -0.05) is 18.2 Å². The first-order chi connectivity index (χ1) is 9.49. The van der Waals surface area contributed by atoms with E-state index in [1.165, 1.54) is 0 Å². The fourth-order valence-electron chi connectivity index (χ4n) is 2.52. The monoisotopic (exact) mass is 276 g/mol. The second-order valence-corrected chi connectivity index (χ2v) is 5.35. The number of benzene rings is 1. The van der Waals surface area contributed by atoms with Crippen molar-refractivity contribution in [3.05, 3.63) is 29.8 Å². The molecule has 108 valence electrons. The van der Waals surface area contributed by atoms with Crippen LogP contribution in [-0.4, -0.2) is 49.1 Å². The Morgan fingerprint density at radius 3 is 2.70 bits per heavy atom. The van der Waals surface area contributed by atoms with Crippen molar-refractivity contribution in [1.82, 2.24) is 4.90 Å². The van der Waals surface area contributed by atoms with Crippen LogP contribution in [0.5, 0.6) is 0 Å². The maximum Gasteiger partial charge on any atom is 0.308 e. The van der Waals surface area contributed by atoms with Crippen LogP contribution in [-0.2, 0) is 16.0 Å². The summed E-state index contributed by atoms with van der Waals surface area (Å²) < 4.78 is 0. The van der Waals surface area contributed by atoms with E-state index in [4.69, 9.17) is 0 Å². The summed E-state index contributed by atoms with van der Waals surface area (Å²) in [6.45, 7) is 1.02. The average Bonchev–Trinajstić information content (AvgIpc) is 2.43. The lowest BCUT2D eigenvalue weighted by atomic mass is 9.92. The lowest BCUT2D eigenvalue weighted by Gasteiger charge is -2.34. The molecule has 0 saturated heterocycles. The van der Waals surface area contributed by atoms with Crippen LogP contribution in [0.4, 0.5) is 5.69 Å². The zero-order valence-corrected chi connectivity index (χ0v) is 11.9. The molecule has 1 aliphatic rings. The minimum absolute atomic E-state index is 0.0555.